The van der Waals surface area contributed by atoms with Crippen LogP contribution in [0.1, 0.15) is 11.1 Å². The first-order valence-electron chi connectivity index (χ1n) is 8.00. The molecule has 0 aliphatic rings. The zero-order chi connectivity index (χ0) is 18.8. The molecule has 0 fully saturated rings. The van der Waals surface area contributed by atoms with Gasteiger partial charge in [0.1, 0.15) is 12.6 Å². The summed E-state index contributed by atoms with van der Waals surface area (Å²) in [6, 6.07) is 17.9. The van der Waals surface area contributed by atoms with E-state index in [-0.39, 0.29) is 6.61 Å². The van der Waals surface area contributed by atoms with Gasteiger partial charge in [0.2, 0.25) is 0 Å². The molecule has 2 aromatic rings. The number of nitrogens with one attached hydrogen (secondary N) is 1. The van der Waals surface area contributed by atoms with Gasteiger partial charge < -0.3 is 14.8 Å². The van der Waals surface area contributed by atoms with Crippen LogP contribution in [0.5, 0.6) is 0 Å². The molecule has 0 aliphatic heterocycles. The number of alkyl halides is 2. The molecule has 0 bridgehead atoms. The van der Waals surface area contributed by atoms with Crippen LogP contribution in [-0.2, 0) is 27.3 Å². The minimum atomic E-state index is -0.847. The number of halogens is 2. The summed E-state index contributed by atoms with van der Waals surface area (Å²) < 4.78 is 10.5. The highest BCUT2D eigenvalue weighted by Gasteiger charge is 2.25. The van der Waals surface area contributed by atoms with Crippen LogP contribution in [0, 0.1) is 0 Å². The van der Waals surface area contributed by atoms with Gasteiger partial charge in [-0.3, -0.25) is 0 Å². The van der Waals surface area contributed by atoms with Gasteiger partial charge in [-0.1, -0.05) is 76.6 Å². The van der Waals surface area contributed by atoms with Crippen molar-refractivity contribution in [3.05, 3.63) is 71.8 Å². The average Bonchev–Trinajstić information content (AvgIpc) is 2.67. The zero-order valence-electron chi connectivity index (χ0n) is 13.9. The number of hydrogen-bond donors (Lipinski definition) is 1. The lowest BCUT2D eigenvalue weighted by Gasteiger charge is -2.19. The molecule has 0 aliphatic carbocycles. The number of carbonyl (C=O) groups excluding carboxylic acids is 2. The molecule has 2 aromatic carbocycles. The van der Waals surface area contributed by atoms with Crippen LogP contribution in [0.4, 0.5) is 4.79 Å². The minimum absolute atomic E-state index is 0.127. The quantitative estimate of drug-likeness (QED) is 0.450. The lowest BCUT2D eigenvalue weighted by molar-refractivity contribution is -0.146. The molecule has 0 radical (unpaired) electrons. The molecule has 0 aromatic heterocycles. The van der Waals surface area contributed by atoms with Crippen molar-refractivity contribution >= 4 is 43.9 Å². The summed E-state index contributed by atoms with van der Waals surface area (Å²) in [5.41, 5.74) is 1.77. The first kappa shape index (κ1) is 20.5. The van der Waals surface area contributed by atoms with Crippen molar-refractivity contribution < 1.29 is 19.1 Å². The van der Waals surface area contributed by atoms with E-state index in [1.165, 1.54) is 0 Å². The van der Waals surface area contributed by atoms with Crippen molar-refractivity contribution in [2.24, 2.45) is 0 Å². The first-order valence-corrected chi connectivity index (χ1v) is 10.0. The van der Waals surface area contributed by atoms with Crippen LogP contribution >= 0.6 is 31.9 Å². The van der Waals surface area contributed by atoms with E-state index in [4.69, 9.17) is 9.47 Å². The maximum absolute atomic E-state index is 12.4. The lowest BCUT2D eigenvalue weighted by Crippen LogP contribution is -2.44. The van der Waals surface area contributed by atoms with Gasteiger partial charge in [0, 0.05) is 6.42 Å². The fourth-order valence-electron chi connectivity index (χ4n) is 2.19. The number of ether oxygens (including phenoxy) is 2. The van der Waals surface area contributed by atoms with Crippen molar-refractivity contribution in [1.29, 1.82) is 0 Å². The van der Waals surface area contributed by atoms with Gasteiger partial charge in [-0.25, -0.2) is 9.59 Å². The van der Waals surface area contributed by atoms with Crippen LogP contribution in [0.3, 0.4) is 0 Å². The summed E-state index contributed by atoms with van der Waals surface area (Å²) in [5.74, 6) is -0.535. The molecule has 2 rings (SSSR count). The Morgan fingerprint density at radius 1 is 0.962 bits per heavy atom. The number of rotatable bonds is 8. The Morgan fingerprint density at radius 2 is 1.54 bits per heavy atom. The summed E-state index contributed by atoms with van der Waals surface area (Å²) >= 11 is 6.45. The highest BCUT2D eigenvalue weighted by atomic mass is 79.9. The number of hydrogen-bond acceptors (Lipinski definition) is 4. The first-order chi connectivity index (χ1) is 12.6. The summed E-state index contributed by atoms with van der Waals surface area (Å²) in [4.78, 5) is 24.5. The SMILES string of the molecule is O=C(NC(Cc1ccccc1)C(=O)OC(Br)CBr)OCc1ccccc1. The van der Waals surface area contributed by atoms with E-state index in [2.05, 4.69) is 37.2 Å². The third-order valence-electron chi connectivity index (χ3n) is 3.44. The van der Waals surface area contributed by atoms with Gasteiger partial charge in [-0.2, -0.15) is 0 Å². The van der Waals surface area contributed by atoms with E-state index >= 15 is 0 Å². The predicted molar refractivity (Wildman–Crippen MR) is 106 cm³/mol. The molecule has 0 saturated carbocycles. The number of alkyl carbamates (subject to hydrolysis) is 1. The number of carbonyl (C=O) groups is 2. The van der Waals surface area contributed by atoms with Gasteiger partial charge in [0.15, 0.2) is 5.01 Å². The van der Waals surface area contributed by atoms with E-state index in [1.807, 2.05) is 60.7 Å². The van der Waals surface area contributed by atoms with Crippen molar-refractivity contribution in [3.8, 4) is 0 Å². The predicted octanol–water partition coefficient (Wildman–Crippen LogP) is 4.18. The Labute approximate surface area is 169 Å². The van der Waals surface area contributed by atoms with Crippen LogP contribution in [-0.4, -0.2) is 28.4 Å². The number of esters is 1. The van der Waals surface area contributed by atoms with Crippen LogP contribution in [0.2, 0.25) is 0 Å². The molecule has 7 heteroatoms. The highest BCUT2D eigenvalue weighted by molar-refractivity contribution is 9.12. The molecule has 0 saturated heterocycles. The monoisotopic (exact) mass is 483 g/mol. The number of amides is 1. The molecule has 5 nitrogen and oxygen atoms in total. The Kier molecular flexibility index (Phi) is 8.64. The van der Waals surface area contributed by atoms with Gasteiger partial charge in [0.05, 0.1) is 5.33 Å². The second kappa shape index (κ2) is 11.0. The fourth-order valence-corrected chi connectivity index (χ4v) is 2.51. The molecule has 2 unspecified atom stereocenters. The third kappa shape index (κ3) is 7.17. The molecule has 26 heavy (non-hydrogen) atoms. The maximum atomic E-state index is 12.4. The summed E-state index contributed by atoms with van der Waals surface area (Å²) in [5, 5.41) is 2.56. The standard InChI is InChI=1S/C19H19Br2NO4/c20-12-17(21)26-18(23)16(11-14-7-3-1-4-8-14)22-19(24)25-13-15-9-5-2-6-10-15/h1-10,16-17H,11-13H2,(H,22,24). The van der Waals surface area contributed by atoms with Crippen molar-refractivity contribution in [3.63, 3.8) is 0 Å². The molecular weight excluding hydrogens is 466 g/mol. The largest absolute Gasteiger partial charge is 0.448 e. The van der Waals surface area contributed by atoms with E-state index in [0.717, 1.165) is 11.1 Å². The van der Waals surface area contributed by atoms with E-state index in [1.54, 1.807) is 0 Å². The van der Waals surface area contributed by atoms with E-state index < -0.39 is 23.1 Å². The second-order valence-corrected chi connectivity index (χ2v) is 7.12. The smallest absolute Gasteiger partial charge is 0.408 e. The minimum Gasteiger partial charge on any atom is -0.448 e. The maximum Gasteiger partial charge on any atom is 0.408 e. The summed E-state index contributed by atoms with van der Waals surface area (Å²) in [6.07, 6.45) is -0.362. The number of benzene rings is 2. The molecule has 0 heterocycles. The average molecular weight is 485 g/mol. The molecule has 1 amide bonds. The Hall–Kier alpha value is -1.86. The van der Waals surface area contributed by atoms with Crippen LogP contribution in [0.25, 0.3) is 0 Å². The van der Waals surface area contributed by atoms with Crippen molar-refractivity contribution in [2.45, 2.75) is 24.1 Å². The van der Waals surface area contributed by atoms with E-state index in [9.17, 15) is 9.59 Å². The van der Waals surface area contributed by atoms with Gasteiger partial charge >= 0.3 is 12.1 Å². The topological polar surface area (TPSA) is 64.6 Å². The van der Waals surface area contributed by atoms with Gasteiger partial charge in [0.25, 0.3) is 0 Å². The zero-order valence-corrected chi connectivity index (χ0v) is 17.1. The van der Waals surface area contributed by atoms with Crippen LogP contribution < -0.4 is 5.32 Å². The summed E-state index contributed by atoms with van der Waals surface area (Å²) in [6.45, 7) is 0.127. The molecule has 0 spiro atoms. The fraction of sp³-hybridized carbons (Fsp3) is 0.263. The highest BCUT2D eigenvalue weighted by Crippen LogP contribution is 2.11. The normalized spacial score (nSPS) is 12.7. The molecule has 138 valence electrons. The van der Waals surface area contributed by atoms with Crippen molar-refractivity contribution in [2.75, 3.05) is 5.33 Å². The lowest BCUT2D eigenvalue weighted by atomic mass is 10.1. The summed E-state index contributed by atoms with van der Waals surface area (Å²) in [7, 11) is 0. The van der Waals surface area contributed by atoms with Crippen molar-refractivity contribution in [1.82, 2.24) is 5.32 Å². The molecular formula is C19H19Br2NO4. The van der Waals surface area contributed by atoms with E-state index in [0.29, 0.717) is 11.8 Å². The second-order valence-electron chi connectivity index (χ2n) is 5.45. The Morgan fingerprint density at radius 3 is 2.12 bits per heavy atom. The molecule has 2 atom stereocenters. The third-order valence-corrected chi connectivity index (χ3v) is 5.40. The van der Waals surface area contributed by atoms with Crippen LogP contribution in [0.15, 0.2) is 60.7 Å². The Bertz CT molecular complexity index is 697. The Balaban J connectivity index is 1.97. The van der Waals surface area contributed by atoms with Gasteiger partial charge in [-0.15, -0.1) is 0 Å². The van der Waals surface area contributed by atoms with Gasteiger partial charge in [-0.05, 0) is 27.1 Å². The molecule has 1 N–H and O–H groups in total.